The number of hydrogen-bond acceptors (Lipinski definition) is 1. The molecular weight excluding hydrogens is 158 g/mol. The predicted octanol–water partition coefficient (Wildman–Crippen LogP) is 2.77. The SMILES string of the molecule is [CH]=CCc1ccc2ccccc2n1. The highest BCUT2D eigenvalue weighted by molar-refractivity contribution is 5.78. The van der Waals surface area contributed by atoms with Gasteiger partial charge in [0.05, 0.1) is 5.52 Å². The lowest BCUT2D eigenvalue weighted by Crippen LogP contribution is -1.87. The van der Waals surface area contributed by atoms with Crippen molar-refractivity contribution < 1.29 is 0 Å². The summed E-state index contributed by atoms with van der Waals surface area (Å²) in [6, 6.07) is 12.1. The Hall–Kier alpha value is -1.63. The van der Waals surface area contributed by atoms with Gasteiger partial charge in [-0.15, -0.1) is 0 Å². The first-order chi connectivity index (χ1) is 6.40. The lowest BCUT2D eigenvalue weighted by atomic mass is 10.2. The molecule has 1 heteroatoms. The molecule has 0 bridgehead atoms. The number of aromatic nitrogens is 1. The molecule has 1 aromatic carbocycles. The molecule has 0 atom stereocenters. The third-order valence-electron chi connectivity index (χ3n) is 1.98. The fourth-order valence-corrected chi connectivity index (χ4v) is 1.34. The summed E-state index contributed by atoms with van der Waals surface area (Å²) in [4.78, 5) is 4.45. The van der Waals surface area contributed by atoms with Gasteiger partial charge in [0.2, 0.25) is 0 Å². The highest BCUT2D eigenvalue weighted by Gasteiger charge is 1.94. The number of pyridine rings is 1. The summed E-state index contributed by atoms with van der Waals surface area (Å²) >= 11 is 0. The Morgan fingerprint density at radius 3 is 2.85 bits per heavy atom. The Bertz CT molecular complexity index is 432. The van der Waals surface area contributed by atoms with Crippen LogP contribution in [-0.4, -0.2) is 4.98 Å². The molecular formula is C12H10N. The minimum absolute atomic E-state index is 0.727. The van der Waals surface area contributed by atoms with Crippen LogP contribution in [0.5, 0.6) is 0 Å². The average molecular weight is 168 g/mol. The van der Waals surface area contributed by atoms with Gasteiger partial charge in [-0.25, -0.2) is 0 Å². The van der Waals surface area contributed by atoms with Crippen LogP contribution in [0.4, 0.5) is 0 Å². The van der Waals surface area contributed by atoms with Gasteiger partial charge in [0.15, 0.2) is 0 Å². The topological polar surface area (TPSA) is 12.9 Å². The Morgan fingerprint density at radius 2 is 2.00 bits per heavy atom. The Morgan fingerprint density at radius 1 is 1.15 bits per heavy atom. The van der Waals surface area contributed by atoms with E-state index in [-0.39, 0.29) is 0 Å². The Balaban J connectivity index is 2.55. The van der Waals surface area contributed by atoms with Crippen LogP contribution in [0.2, 0.25) is 0 Å². The number of fused-ring (bicyclic) bond motifs is 1. The van der Waals surface area contributed by atoms with Crippen molar-refractivity contribution in [2.45, 2.75) is 6.42 Å². The molecule has 0 saturated heterocycles. The highest BCUT2D eigenvalue weighted by atomic mass is 14.7. The van der Waals surface area contributed by atoms with Gasteiger partial charge in [0.1, 0.15) is 0 Å². The lowest BCUT2D eigenvalue weighted by Gasteiger charge is -1.99. The van der Waals surface area contributed by atoms with Crippen molar-refractivity contribution in [2.75, 3.05) is 0 Å². The predicted molar refractivity (Wildman–Crippen MR) is 54.3 cm³/mol. The third kappa shape index (κ3) is 1.59. The van der Waals surface area contributed by atoms with Crippen molar-refractivity contribution in [2.24, 2.45) is 0 Å². The van der Waals surface area contributed by atoms with Crippen LogP contribution in [0, 0.1) is 6.58 Å². The van der Waals surface area contributed by atoms with Crippen LogP contribution < -0.4 is 0 Å². The van der Waals surface area contributed by atoms with E-state index in [4.69, 9.17) is 6.58 Å². The zero-order chi connectivity index (χ0) is 9.10. The van der Waals surface area contributed by atoms with Gasteiger partial charge < -0.3 is 0 Å². The van der Waals surface area contributed by atoms with E-state index >= 15 is 0 Å². The second-order valence-electron chi connectivity index (χ2n) is 2.94. The molecule has 63 valence electrons. The summed E-state index contributed by atoms with van der Waals surface area (Å²) in [7, 11) is 0. The minimum atomic E-state index is 0.727. The highest BCUT2D eigenvalue weighted by Crippen LogP contribution is 2.11. The lowest BCUT2D eigenvalue weighted by molar-refractivity contribution is 1.14. The fraction of sp³-hybridized carbons (Fsp3) is 0.0833. The first kappa shape index (κ1) is 7.99. The van der Waals surface area contributed by atoms with E-state index in [1.54, 1.807) is 6.08 Å². The molecule has 13 heavy (non-hydrogen) atoms. The number of allylic oxidation sites excluding steroid dienone is 1. The summed E-state index contributed by atoms with van der Waals surface area (Å²) < 4.78 is 0. The summed E-state index contributed by atoms with van der Waals surface area (Å²) in [6.07, 6.45) is 2.35. The van der Waals surface area contributed by atoms with E-state index in [0.717, 1.165) is 17.6 Å². The van der Waals surface area contributed by atoms with Crippen LogP contribution in [0.25, 0.3) is 10.9 Å². The minimum Gasteiger partial charge on any atom is -0.253 e. The number of benzene rings is 1. The first-order valence-electron chi connectivity index (χ1n) is 4.28. The average Bonchev–Trinajstić information content (AvgIpc) is 2.18. The van der Waals surface area contributed by atoms with Crippen LogP contribution >= 0.6 is 0 Å². The standard InChI is InChI=1S/C12H10N/c1-2-5-11-9-8-10-6-3-4-7-12(10)13-11/h1-4,6-9H,5H2. The Labute approximate surface area is 77.7 Å². The maximum atomic E-state index is 5.34. The molecule has 0 aliphatic heterocycles. The van der Waals surface area contributed by atoms with E-state index in [1.807, 2.05) is 24.3 Å². The zero-order valence-corrected chi connectivity index (χ0v) is 7.27. The van der Waals surface area contributed by atoms with Crippen molar-refractivity contribution in [3.05, 3.63) is 54.7 Å². The molecule has 0 unspecified atom stereocenters. The molecule has 0 aliphatic carbocycles. The van der Waals surface area contributed by atoms with E-state index in [2.05, 4.69) is 17.1 Å². The maximum absolute atomic E-state index is 5.34. The van der Waals surface area contributed by atoms with Crippen LogP contribution in [-0.2, 0) is 6.42 Å². The van der Waals surface area contributed by atoms with Crippen molar-refractivity contribution in [3.8, 4) is 0 Å². The summed E-state index contributed by atoms with van der Waals surface area (Å²) in [5, 5.41) is 1.17. The number of rotatable bonds is 2. The van der Waals surface area contributed by atoms with Gasteiger partial charge >= 0.3 is 0 Å². The molecule has 2 aromatic rings. The van der Waals surface area contributed by atoms with Crippen molar-refractivity contribution in [1.29, 1.82) is 0 Å². The second kappa shape index (κ2) is 3.40. The third-order valence-corrected chi connectivity index (χ3v) is 1.98. The van der Waals surface area contributed by atoms with E-state index < -0.39 is 0 Å². The monoisotopic (exact) mass is 168 g/mol. The molecule has 0 aliphatic rings. The molecule has 0 N–H and O–H groups in total. The number of hydrogen-bond donors (Lipinski definition) is 0. The molecule has 0 fully saturated rings. The molecule has 1 nitrogen and oxygen atoms in total. The molecule has 0 saturated carbocycles. The van der Waals surface area contributed by atoms with E-state index in [1.165, 1.54) is 5.39 Å². The Kier molecular flexibility index (Phi) is 2.09. The largest absolute Gasteiger partial charge is 0.253 e. The van der Waals surface area contributed by atoms with Crippen molar-refractivity contribution in [1.82, 2.24) is 4.98 Å². The van der Waals surface area contributed by atoms with Gasteiger partial charge in [0.25, 0.3) is 0 Å². The molecule has 1 heterocycles. The van der Waals surface area contributed by atoms with E-state index in [9.17, 15) is 0 Å². The van der Waals surface area contributed by atoms with Gasteiger partial charge in [-0.05, 0) is 12.1 Å². The van der Waals surface area contributed by atoms with Gasteiger partial charge in [-0.1, -0.05) is 36.9 Å². The molecule has 2 rings (SSSR count). The van der Waals surface area contributed by atoms with Crippen molar-refractivity contribution >= 4 is 10.9 Å². The number of para-hydroxylation sites is 1. The van der Waals surface area contributed by atoms with Gasteiger partial charge in [-0.2, -0.15) is 0 Å². The van der Waals surface area contributed by atoms with Crippen molar-refractivity contribution in [3.63, 3.8) is 0 Å². The zero-order valence-electron chi connectivity index (χ0n) is 7.27. The summed E-state index contributed by atoms with van der Waals surface area (Å²) in [5.74, 6) is 0. The molecule has 1 radical (unpaired) electrons. The number of nitrogens with zero attached hydrogens (tertiary/aromatic N) is 1. The quantitative estimate of drug-likeness (QED) is 0.672. The van der Waals surface area contributed by atoms with Crippen LogP contribution in [0.3, 0.4) is 0 Å². The van der Waals surface area contributed by atoms with Gasteiger partial charge in [0, 0.05) is 17.5 Å². The normalized spacial score (nSPS) is 10.2. The summed E-state index contributed by atoms with van der Waals surface area (Å²) in [5.41, 5.74) is 2.04. The smallest absolute Gasteiger partial charge is 0.0705 e. The van der Waals surface area contributed by atoms with Gasteiger partial charge in [-0.3, -0.25) is 4.98 Å². The van der Waals surface area contributed by atoms with Crippen LogP contribution in [0.15, 0.2) is 42.5 Å². The first-order valence-corrected chi connectivity index (χ1v) is 4.28. The summed E-state index contributed by atoms with van der Waals surface area (Å²) in [6.45, 7) is 5.34. The van der Waals surface area contributed by atoms with Crippen LogP contribution in [0.1, 0.15) is 5.69 Å². The fourth-order valence-electron chi connectivity index (χ4n) is 1.34. The molecule has 0 spiro atoms. The maximum Gasteiger partial charge on any atom is 0.0705 e. The molecule has 0 amide bonds. The van der Waals surface area contributed by atoms with E-state index in [0.29, 0.717) is 0 Å². The second-order valence-corrected chi connectivity index (χ2v) is 2.94. The molecule has 1 aromatic heterocycles.